The van der Waals surface area contributed by atoms with Crippen molar-refractivity contribution >= 4 is 34.6 Å². The fourth-order valence-corrected chi connectivity index (χ4v) is 4.17. The summed E-state index contributed by atoms with van der Waals surface area (Å²) in [5, 5.41) is 19.5. The molecule has 4 rings (SSSR count). The van der Waals surface area contributed by atoms with E-state index in [1.54, 1.807) is 0 Å². The Labute approximate surface area is 194 Å². The first kappa shape index (κ1) is 21.8. The van der Waals surface area contributed by atoms with E-state index in [1.165, 1.54) is 11.3 Å². The predicted octanol–water partition coefficient (Wildman–Crippen LogP) is 4.48. The number of rotatable bonds is 9. The summed E-state index contributed by atoms with van der Waals surface area (Å²) in [6.45, 7) is 2.94. The van der Waals surface area contributed by atoms with E-state index in [1.807, 2.05) is 66.1 Å². The minimum absolute atomic E-state index is 0.159. The van der Waals surface area contributed by atoms with Gasteiger partial charge < -0.3 is 10.1 Å². The molecule has 2 aromatic carbocycles. The van der Waals surface area contributed by atoms with Crippen LogP contribution in [0.1, 0.15) is 23.9 Å². The summed E-state index contributed by atoms with van der Waals surface area (Å²) in [6.07, 6.45) is 0.912. The minimum atomic E-state index is -0.159. The van der Waals surface area contributed by atoms with Crippen LogP contribution in [-0.2, 0) is 17.8 Å². The lowest BCUT2D eigenvalue weighted by atomic mass is 10.2. The molecule has 0 aliphatic heterocycles. The van der Waals surface area contributed by atoms with Crippen molar-refractivity contribution in [2.24, 2.45) is 0 Å². The molecule has 2 N–H and O–H groups in total. The number of aromatic nitrogens is 5. The maximum atomic E-state index is 12.5. The maximum Gasteiger partial charge on any atom is 0.227 e. The molecule has 0 aliphatic carbocycles. The predicted molar refractivity (Wildman–Crippen MR) is 126 cm³/mol. The molecule has 0 saturated heterocycles. The van der Waals surface area contributed by atoms with Crippen LogP contribution in [0.5, 0.6) is 5.75 Å². The average Bonchev–Trinajstić information content (AvgIpc) is 3.39. The van der Waals surface area contributed by atoms with Crippen molar-refractivity contribution in [3.8, 4) is 17.1 Å². The van der Waals surface area contributed by atoms with E-state index in [9.17, 15) is 4.79 Å². The number of nitrogens with zero attached hydrogens (tertiary/aromatic N) is 4. The van der Waals surface area contributed by atoms with Gasteiger partial charge in [0, 0.05) is 24.9 Å². The quantitative estimate of drug-likeness (QED) is 0.353. The van der Waals surface area contributed by atoms with Gasteiger partial charge in [-0.05, 0) is 49.0 Å². The third-order valence-corrected chi connectivity index (χ3v) is 5.81. The van der Waals surface area contributed by atoms with Gasteiger partial charge in [0.05, 0.1) is 6.61 Å². The molecule has 2 aromatic heterocycles. The summed E-state index contributed by atoms with van der Waals surface area (Å²) in [5.41, 5.74) is 2.04. The standard InChI is InChI=1S/C22H22N6O2S2/c1-2-30-17-10-8-16(9-11-17)20-25-27-22(31)28(20)13-12-18(29)23-21-26-24-19(32-21)14-15-6-4-3-5-7-15/h3-11H,2,12-14H2,1H3,(H,27,31)(H,23,26,29). The zero-order chi connectivity index (χ0) is 22.3. The van der Waals surface area contributed by atoms with Gasteiger partial charge in [0.25, 0.3) is 0 Å². The zero-order valence-electron chi connectivity index (χ0n) is 17.4. The lowest BCUT2D eigenvalue weighted by molar-refractivity contribution is -0.116. The van der Waals surface area contributed by atoms with E-state index in [2.05, 4.69) is 25.7 Å². The fourth-order valence-electron chi connectivity index (χ4n) is 3.15. The van der Waals surface area contributed by atoms with Gasteiger partial charge in [-0.3, -0.25) is 14.5 Å². The number of benzene rings is 2. The maximum absolute atomic E-state index is 12.5. The molecule has 0 radical (unpaired) electrons. The molecule has 0 spiro atoms. The number of aromatic amines is 1. The first-order valence-electron chi connectivity index (χ1n) is 10.2. The van der Waals surface area contributed by atoms with E-state index in [0.29, 0.717) is 35.3 Å². The van der Waals surface area contributed by atoms with Crippen molar-refractivity contribution < 1.29 is 9.53 Å². The lowest BCUT2D eigenvalue weighted by Gasteiger charge is -2.08. The number of nitrogens with one attached hydrogen (secondary N) is 2. The van der Waals surface area contributed by atoms with Crippen LogP contribution in [0.4, 0.5) is 5.13 Å². The summed E-state index contributed by atoms with van der Waals surface area (Å²) in [5.74, 6) is 1.31. The molecule has 0 fully saturated rings. The average molecular weight is 467 g/mol. The number of anilines is 1. The van der Waals surface area contributed by atoms with Crippen LogP contribution in [0.3, 0.4) is 0 Å². The van der Waals surface area contributed by atoms with Gasteiger partial charge in [-0.2, -0.15) is 5.10 Å². The molecule has 32 heavy (non-hydrogen) atoms. The van der Waals surface area contributed by atoms with Crippen LogP contribution in [0.25, 0.3) is 11.4 Å². The molecule has 8 nitrogen and oxygen atoms in total. The van der Waals surface area contributed by atoms with Crippen LogP contribution >= 0.6 is 23.6 Å². The first-order chi connectivity index (χ1) is 15.6. The van der Waals surface area contributed by atoms with Crippen LogP contribution in [0.15, 0.2) is 54.6 Å². The number of carbonyl (C=O) groups is 1. The number of carbonyl (C=O) groups excluding carboxylic acids is 1. The van der Waals surface area contributed by atoms with Crippen molar-refractivity contribution in [1.29, 1.82) is 0 Å². The van der Waals surface area contributed by atoms with Gasteiger partial charge in [0.2, 0.25) is 11.0 Å². The smallest absolute Gasteiger partial charge is 0.227 e. The van der Waals surface area contributed by atoms with Crippen molar-refractivity contribution in [2.45, 2.75) is 26.3 Å². The molecule has 0 atom stereocenters. The van der Waals surface area contributed by atoms with Gasteiger partial charge in [-0.15, -0.1) is 10.2 Å². The van der Waals surface area contributed by atoms with Crippen LogP contribution in [-0.4, -0.2) is 37.5 Å². The molecule has 1 amide bonds. The second-order valence-electron chi connectivity index (χ2n) is 6.92. The topological polar surface area (TPSA) is 97.7 Å². The van der Waals surface area contributed by atoms with Crippen LogP contribution in [0.2, 0.25) is 0 Å². The Kier molecular flexibility index (Phi) is 7.03. The van der Waals surface area contributed by atoms with Gasteiger partial charge >= 0.3 is 0 Å². The lowest BCUT2D eigenvalue weighted by Crippen LogP contribution is -2.15. The highest BCUT2D eigenvalue weighted by Gasteiger charge is 2.13. The monoisotopic (exact) mass is 466 g/mol. The highest BCUT2D eigenvalue weighted by atomic mass is 32.1. The molecule has 4 aromatic rings. The van der Waals surface area contributed by atoms with Crippen LogP contribution in [0, 0.1) is 4.77 Å². The molecule has 0 unspecified atom stereocenters. The third kappa shape index (κ3) is 5.45. The van der Waals surface area contributed by atoms with Gasteiger partial charge in [-0.1, -0.05) is 41.7 Å². The van der Waals surface area contributed by atoms with E-state index in [0.717, 1.165) is 21.9 Å². The molecule has 0 aliphatic rings. The Morgan fingerprint density at radius 2 is 1.94 bits per heavy atom. The Morgan fingerprint density at radius 3 is 2.69 bits per heavy atom. The summed E-state index contributed by atoms with van der Waals surface area (Å²) < 4.78 is 7.76. The van der Waals surface area contributed by atoms with E-state index < -0.39 is 0 Å². The highest BCUT2D eigenvalue weighted by Crippen LogP contribution is 2.22. The number of ether oxygens (including phenoxy) is 1. The normalized spacial score (nSPS) is 10.8. The Morgan fingerprint density at radius 1 is 1.16 bits per heavy atom. The third-order valence-electron chi connectivity index (χ3n) is 4.66. The van der Waals surface area contributed by atoms with Gasteiger partial charge in [-0.25, -0.2) is 0 Å². The Hall–Kier alpha value is -3.37. The summed E-state index contributed by atoms with van der Waals surface area (Å²) in [4.78, 5) is 12.5. The molecular weight excluding hydrogens is 444 g/mol. The fraction of sp³-hybridized carbons (Fsp3) is 0.227. The Bertz CT molecular complexity index is 1230. The summed E-state index contributed by atoms with van der Waals surface area (Å²) in [6, 6.07) is 17.6. The molecule has 0 bridgehead atoms. The van der Waals surface area contributed by atoms with E-state index in [-0.39, 0.29) is 12.3 Å². The largest absolute Gasteiger partial charge is 0.494 e. The minimum Gasteiger partial charge on any atom is -0.494 e. The second kappa shape index (κ2) is 10.3. The van der Waals surface area contributed by atoms with Crippen molar-refractivity contribution in [2.75, 3.05) is 11.9 Å². The first-order valence-corrected chi connectivity index (χ1v) is 11.4. The molecule has 0 saturated carbocycles. The number of amides is 1. The SMILES string of the molecule is CCOc1ccc(-c2n[nH]c(=S)n2CCC(=O)Nc2nnc(Cc3ccccc3)s2)cc1. The van der Waals surface area contributed by atoms with Crippen LogP contribution < -0.4 is 10.1 Å². The molecule has 10 heteroatoms. The molecule has 2 heterocycles. The van der Waals surface area contributed by atoms with Crippen molar-refractivity contribution in [3.05, 3.63) is 69.9 Å². The molecule has 164 valence electrons. The van der Waals surface area contributed by atoms with Gasteiger partial charge in [0.15, 0.2) is 10.6 Å². The number of hydrogen-bond donors (Lipinski definition) is 2. The zero-order valence-corrected chi connectivity index (χ0v) is 19.1. The Balaban J connectivity index is 1.36. The van der Waals surface area contributed by atoms with Gasteiger partial charge in [0.1, 0.15) is 10.8 Å². The van der Waals surface area contributed by atoms with E-state index in [4.69, 9.17) is 17.0 Å². The second-order valence-corrected chi connectivity index (χ2v) is 8.37. The number of H-pyrrole nitrogens is 1. The highest BCUT2D eigenvalue weighted by molar-refractivity contribution is 7.71. The molecular formula is C22H22N6O2S2. The van der Waals surface area contributed by atoms with Crippen molar-refractivity contribution in [3.63, 3.8) is 0 Å². The van der Waals surface area contributed by atoms with Crippen molar-refractivity contribution in [1.82, 2.24) is 25.0 Å². The summed E-state index contributed by atoms with van der Waals surface area (Å²) in [7, 11) is 0. The number of hydrogen-bond acceptors (Lipinski definition) is 7. The summed E-state index contributed by atoms with van der Waals surface area (Å²) >= 11 is 6.73. The van der Waals surface area contributed by atoms with E-state index >= 15 is 0 Å².